The quantitative estimate of drug-likeness (QED) is 0.698. The van der Waals surface area contributed by atoms with Crippen LogP contribution in [0.15, 0.2) is 0 Å². The number of nitrogens with zero attached hydrogens (tertiary/aromatic N) is 1. The van der Waals surface area contributed by atoms with Crippen molar-refractivity contribution in [2.24, 2.45) is 5.92 Å². The van der Waals surface area contributed by atoms with Gasteiger partial charge in [-0.2, -0.15) is 0 Å². The summed E-state index contributed by atoms with van der Waals surface area (Å²) < 4.78 is 0. The van der Waals surface area contributed by atoms with Crippen LogP contribution in [0.25, 0.3) is 0 Å². The third kappa shape index (κ3) is 4.89. The molecule has 1 atom stereocenters. The normalized spacial score (nSPS) is 26.8. The largest absolute Gasteiger partial charge is 0.314 e. The maximum absolute atomic E-state index is 3.76. The molecule has 0 radical (unpaired) electrons. The zero-order chi connectivity index (χ0) is 12.6. The van der Waals surface area contributed by atoms with E-state index in [2.05, 4.69) is 17.1 Å². The van der Waals surface area contributed by atoms with Gasteiger partial charge in [0.05, 0.1) is 0 Å². The molecule has 0 aromatic carbocycles. The Morgan fingerprint density at radius 3 is 2.72 bits per heavy atom. The minimum Gasteiger partial charge on any atom is -0.314 e. The first-order valence-electron chi connectivity index (χ1n) is 8.34. The van der Waals surface area contributed by atoms with Crippen molar-refractivity contribution < 1.29 is 0 Å². The highest BCUT2D eigenvalue weighted by Gasteiger charge is 2.20. The van der Waals surface area contributed by atoms with Crippen LogP contribution in [0.4, 0.5) is 0 Å². The van der Waals surface area contributed by atoms with E-state index >= 15 is 0 Å². The van der Waals surface area contributed by atoms with E-state index in [-0.39, 0.29) is 0 Å². The van der Waals surface area contributed by atoms with Crippen molar-refractivity contribution in [1.82, 2.24) is 10.2 Å². The first-order chi connectivity index (χ1) is 8.88. The van der Waals surface area contributed by atoms with Gasteiger partial charge in [0.2, 0.25) is 0 Å². The number of hydrogen-bond donors (Lipinski definition) is 1. The summed E-state index contributed by atoms with van der Waals surface area (Å²) in [5, 5.41) is 3.76. The molecule has 2 fully saturated rings. The fourth-order valence-corrected chi connectivity index (χ4v) is 3.68. The molecule has 106 valence electrons. The smallest absolute Gasteiger partial charge is 0.00670 e. The summed E-state index contributed by atoms with van der Waals surface area (Å²) in [6.07, 6.45) is 12.8. The van der Waals surface area contributed by atoms with Gasteiger partial charge in [-0.05, 0) is 57.7 Å². The summed E-state index contributed by atoms with van der Waals surface area (Å²) in [6.45, 7) is 7.60. The third-order valence-electron chi connectivity index (χ3n) is 4.76. The molecule has 18 heavy (non-hydrogen) atoms. The van der Waals surface area contributed by atoms with Crippen LogP contribution in [0.5, 0.6) is 0 Å². The third-order valence-corrected chi connectivity index (χ3v) is 4.76. The molecule has 0 aromatic heterocycles. The number of nitrogens with one attached hydrogen (secondary N) is 1. The van der Waals surface area contributed by atoms with Gasteiger partial charge in [-0.15, -0.1) is 0 Å². The summed E-state index contributed by atoms with van der Waals surface area (Å²) in [5.74, 6) is 1.00. The fraction of sp³-hybridized carbons (Fsp3) is 1.00. The predicted octanol–water partition coefficient (Wildman–Crippen LogP) is 3.42. The van der Waals surface area contributed by atoms with E-state index in [1.165, 1.54) is 84.0 Å². The summed E-state index contributed by atoms with van der Waals surface area (Å²) in [5.41, 5.74) is 0. The summed E-state index contributed by atoms with van der Waals surface area (Å²) in [7, 11) is 0. The molecule has 2 nitrogen and oxygen atoms in total. The first kappa shape index (κ1) is 14.3. The van der Waals surface area contributed by atoms with Crippen LogP contribution < -0.4 is 5.32 Å². The zero-order valence-electron chi connectivity index (χ0n) is 12.3. The molecule has 1 aliphatic carbocycles. The molecule has 2 rings (SSSR count). The highest BCUT2D eigenvalue weighted by molar-refractivity contribution is 4.76. The van der Waals surface area contributed by atoms with Crippen molar-refractivity contribution in [3.63, 3.8) is 0 Å². The van der Waals surface area contributed by atoms with Gasteiger partial charge in [0.15, 0.2) is 0 Å². The Kier molecular flexibility index (Phi) is 6.50. The number of rotatable bonds is 7. The lowest BCUT2D eigenvalue weighted by atomic mass is 9.95. The number of hydrogen-bond acceptors (Lipinski definition) is 2. The van der Waals surface area contributed by atoms with Crippen LogP contribution >= 0.6 is 0 Å². The molecule has 0 bridgehead atoms. The van der Waals surface area contributed by atoms with Crippen LogP contribution in [-0.4, -0.2) is 37.1 Å². The summed E-state index contributed by atoms with van der Waals surface area (Å²) in [6, 6.07) is 0.838. The van der Waals surface area contributed by atoms with E-state index in [1.54, 1.807) is 0 Å². The van der Waals surface area contributed by atoms with Crippen molar-refractivity contribution in [2.45, 2.75) is 70.8 Å². The monoisotopic (exact) mass is 252 g/mol. The highest BCUT2D eigenvalue weighted by Crippen LogP contribution is 2.21. The molecule has 0 spiro atoms. The summed E-state index contributed by atoms with van der Waals surface area (Å²) >= 11 is 0. The highest BCUT2D eigenvalue weighted by atomic mass is 15.1. The molecular weight excluding hydrogens is 220 g/mol. The molecule has 2 heteroatoms. The average molecular weight is 252 g/mol. The molecule has 1 saturated carbocycles. The minimum atomic E-state index is 0.838. The van der Waals surface area contributed by atoms with Crippen molar-refractivity contribution >= 4 is 0 Å². The molecule has 0 aromatic rings. The van der Waals surface area contributed by atoms with Crippen LogP contribution in [0, 0.1) is 5.92 Å². The Bertz CT molecular complexity index is 211. The van der Waals surface area contributed by atoms with Crippen LogP contribution in [0.1, 0.15) is 64.7 Å². The molecule has 1 unspecified atom stereocenters. The van der Waals surface area contributed by atoms with E-state index in [0.29, 0.717) is 0 Å². The van der Waals surface area contributed by atoms with Gasteiger partial charge in [-0.1, -0.05) is 32.6 Å². The molecular formula is C16H32N2. The van der Waals surface area contributed by atoms with E-state index in [4.69, 9.17) is 0 Å². The van der Waals surface area contributed by atoms with Gasteiger partial charge in [0.25, 0.3) is 0 Å². The summed E-state index contributed by atoms with van der Waals surface area (Å²) in [4.78, 5) is 2.68. The zero-order valence-corrected chi connectivity index (χ0v) is 12.3. The minimum absolute atomic E-state index is 0.838. The average Bonchev–Trinajstić information content (AvgIpc) is 2.84. The van der Waals surface area contributed by atoms with Crippen LogP contribution in [0.3, 0.4) is 0 Å². The molecule has 1 aliphatic heterocycles. The Balaban J connectivity index is 1.48. The van der Waals surface area contributed by atoms with Gasteiger partial charge >= 0.3 is 0 Å². The predicted molar refractivity (Wildman–Crippen MR) is 78.9 cm³/mol. The molecule has 0 amide bonds. The van der Waals surface area contributed by atoms with Gasteiger partial charge in [0, 0.05) is 12.6 Å². The van der Waals surface area contributed by atoms with E-state index in [9.17, 15) is 0 Å². The maximum atomic E-state index is 3.76. The number of likely N-dealkylation sites (tertiary alicyclic amines) is 1. The maximum Gasteiger partial charge on any atom is 0.00670 e. The first-order valence-corrected chi connectivity index (χ1v) is 8.34. The van der Waals surface area contributed by atoms with Gasteiger partial charge < -0.3 is 10.2 Å². The lowest BCUT2D eigenvalue weighted by molar-refractivity contribution is 0.304. The van der Waals surface area contributed by atoms with E-state index < -0.39 is 0 Å². The molecule has 1 heterocycles. The van der Waals surface area contributed by atoms with Gasteiger partial charge in [-0.3, -0.25) is 0 Å². The molecule has 1 N–H and O–H groups in total. The fourth-order valence-electron chi connectivity index (χ4n) is 3.68. The van der Waals surface area contributed by atoms with Crippen molar-refractivity contribution in [2.75, 3.05) is 26.2 Å². The Hall–Kier alpha value is -0.0800. The Labute approximate surface area is 114 Å². The lowest BCUT2D eigenvalue weighted by Gasteiger charge is -2.23. The van der Waals surface area contributed by atoms with Crippen molar-refractivity contribution in [3.05, 3.63) is 0 Å². The van der Waals surface area contributed by atoms with Gasteiger partial charge in [0.1, 0.15) is 0 Å². The SMILES string of the molecule is CCCC1CCN(CCCNC2CCCCC2)C1. The standard InChI is InChI=1S/C16H32N2/c1-2-7-15-10-13-18(14-15)12-6-11-17-16-8-4-3-5-9-16/h15-17H,2-14H2,1H3. The van der Waals surface area contributed by atoms with E-state index in [1.807, 2.05) is 0 Å². The van der Waals surface area contributed by atoms with E-state index in [0.717, 1.165) is 12.0 Å². The Morgan fingerprint density at radius 1 is 1.11 bits per heavy atom. The molecule has 2 aliphatic rings. The second-order valence-electron chi connectivity index (χ2n) is 6.39. The topological polar surface area (TPSA) is 15.3 Å². The van der Waals surface area contributed by atoms with Gasteiger partial charge in [-0.25, -0.2) is 0 Å². The lowest BCUT2D eigenvalue weighted by Crippen LogP contribution is -2.33. The van der Waals surface area contributed by atoms with Crippen LogP contribution in [0.2, 0.25) is 0 Å². The van der Waals surface area contributed by atoms with Crippen molar-refractivity contribution in [1.29, 1.82) is 0 Å². The second kappa shape index (κ2) is 8.16. The second-order valence-corrected chi connectivity index (χ2v) is 6.39. The van der Waals surface area contributed by atoms with Crippen molar-refractivity contribution in [3.8, 4) is 0 Å². The van der Waals surface area contributed by atoms with Crippen LogP contribution in [-0.2, 0) is 0 Å². The molecule has 1 saturated heterocycles. The Morgan fingerprint density at radius 2 is 1.94 bits per heavy atom.